The molecule has 2 aliphatic heterocycles. The first-order chi connectivity index (χ1) is 17.2. The van der Waals surface area contributed by atoms with Gasteiger partial charge in [-0.3, -0.25) is 4.79 Å². The van der Waals surface area contributed by atoms with E-state index in [0.29, 0.717) is 60.3 Å². The van der Waals surface area contributed by atoms with Crippen LogP contribution in [0.3, 0.4) is 0 Å². The Morgan fingerprint density at radius 2 is 1.86 bits per heavy atom. The normalized spacial score (nSPS) is 15.3. The number of hydrogen-bond acceptors (Lipinski definition) is 8. The minimum Gasteiger partial charge on any atom is -0.454 e. The van der Waals surface area contributed by atoms with Crippen LogP contribution >= 0.6 is 0 Å². The standard InChI is InChI=1S/C24H20FN7O3/c25-17-2-1-3-18(13-17)32-24-22(28-29-32)23(26-14-27-24)31-10-8-30(9-11-31)21(33)7-5-16-4-6-19-20(12-16)35-15-34-19/h1-7,12-14H,8-11,15H2/b7-5+. The molecule has 0 saturated carbocycles. The summed E-state index contributed by atoms with van der Waals surface area (Å²) in [6, 6.07) is 11.6. The van der Waals surface area contributed by atoms with Crippen LogP contribution < -0.4 is 14.4 Å². The Morgan fingerprint density at radius 3 is 2.71 bits per heavy atom. The lowest BCUT2D eigenvalue weighted by Crippen LogP contribution is -2.48. The molecule has 35 heavy (non-hydrogen) atoms. The van der Waals surface area contributed by atoms with Gasteiger partial charge in [-0.2, -0.15) is 4.68 Å². The van der Waals surface area contributed by atoms with E-state index in [4.69, 9.17) is 9.47 Å². The number of fused-ring (bicyclic) bond motifs is 2. The molecule has 1 fully saturated rings. The summed E-state index contributed by atoms with van der Waals surface area (Å²) in [4.78, 5) is 25.3. The van der Waals surface area contributed by atoms with Crippen molar-refractivity contribution in [2.75, 3.05) is 37.9 Å². The molecule has 6 rings (SSSR count). The molecule has 2 aromatic heterocycles. The summed E-state index contributed by atoms with van der Waals surface area (Å²) in [6.07, 6.45) is 4.79. The second kappa shape index (κ2) is 8.67. The largest absolute Gasteiger partial charge is 0.454 e. The molecule has 0 radical (unpaired) electrons. The van der Waals surface area contributed by atoms with Crippen LogP contribution in [-0.4, -0.2) is 68.7 Å². The van der Waals surface area contributed by atoms with Crippen molar-refractivity contribution in [1.29, 1.82) is 0 Å². The quantitative estimate of drug-likeness (QED) is 0.417. The van der Waals surface area contributed by atoms with Gasteiger partial charge in [0.25, 0.3) is 0 Å². The second-order valence-electron chi connectivity index (χ2n) is 8.11. The number of rotatable bonds is 4. The van der Waals surface area contributed by atoms with Crippen LogP contribution in [0.15, 0.2) is 54.9 Å². The summed E-state index contributed by atoms with van der Waals surface area (Å²) in [5.41, 5.74) is 2.41. The molecule has 10 nitrogen and oxygen atoms in total. The van der Waals surface area contributed by atoms with Crippen LogP contribution in [0.2, 0.25) is 0 Å². The van der Waals surface area contributed by atoms with Crippen LogP contribution in [0.25, 0.3) is 22.9 Å². The summed E-state index contributed by atoms with van der Waals surface area (Å²) in [5, 5.41) is 8.42. The molecule has 2 aliphatic rings. The van der Waals surface area contributed by atoms with Gasteiger partial charge in [0.2, 0.25) is 12.7 Å². The number of benzene rings is 2. The second-order valence-corrected chi connectivity index (χ2v) is 8.11. The van der Waals surface area contributed by atoms with Gasteiger partial charge in [0.1, 0.15) is 12.1 Å². The Kier molecular flexibility index (Phi) is 5.21. The predicted octanol–water partition coefficient (Wildman–Crippen LogP) is 2.44. The van der Waals surface area contributed by atoms with E-state index >= 15 is 0 Å². The Labute approximate surface area is 199 Å². The highest BCUT2D eigenvalue weighted by atomic mass is 19.1. The first-order valence-electron chi connectivity index (χ1n) is 11.1. The Morgan fingerprint density at radius 1 is 1.00 bits per heavy atom. The van der Waals surface area contributed by atoms with Crippen molar-refractivity contribution in [3.8, 4) is 17.2 Å². The van der Waals surface area contributed by atoms with E-state index in [1.165, 1.54) is 23.1 Å². The maximum atomic E-state index is 13.7. The average molecular weight is 473 g/mol. The van der Waals surface area contributed by atoms with Crippen LogP contribution in [-0.2, 0) is 4.79 Å². The number of amides is 1. The summed E-state index contributed by atoms with van der Waals surface area (Å²) >= 11 is 0. The van der Waals surface area contributed by atoms with E-state index in [9.17, 15) is 9.18 Å². The van der Waals surface area contributed by atoms with Crippen molar-refractivity contribution in [3.05, 3.63) is 66.2 Å². The highest BCUT2D eigenvalue weighted by Gasteiger charge is 2.24. The fourth-order valence-electron chi connectivity index (χ4n) is 4.18. The number of piperazine rings is 1. The Balaban J connectivity index is 1.15. The van der Waals surface area contributed by atoms with E-state index in [2.05, 4.69) is 25.2 Å². The van der Waals surface area contributed by atoms with Crippen molar-refractivity contribution in [1.82, 2.24) is 29.9 Å². The zero-order chi connectivity index (χ0) is 23.8. The molecule has 0 bridgehead atoms. The number of halogens is 1. The van der Waals surface area contributed by atoms with E-state index in [1.807, 2.05) is 18.2 Å². The Bertz CT molecular complexity index is 1450. The smallest absolute Gasteiger partial charge is 0.246 e. The van der Waals surface area contributed by atoms with Crippen molar-refractivity contribution in [2.45, 2.75) is 0 Å². The van der Waals surface area contributed by atoms with Gasteiger partial charge in [-0.15, -0.1) is 5.10 Å². The highest BCUT2D eigenvalue weighted by molar-refractivity contribution is 5.92. The number of hydrogen-bond donors (Lipinski definition) is 0. The molecule has 2 aromatic carbocycles. The molecule has 0 aliphatic carbocycles. The van der Waals surface area contributed by atoms with E-state index < -0.39 is 0 Å². The summed E-state index contributed by atoms with van der Waals surface area (Å²) < 4.78 is 25.9. The van der Waals surface area contributed by atoms with Crippen LogP contribution in [0, 0.1) is 5.82 Å². The van der Waals surface area contributed by atoms with Crippen LogP contribution in [0.1, 0.15) is 5.56 Å². The molecule has 1 amide bonds. The number of anilines is 1. The zero-order valence-electron chi connectivity index (χ0n) is 18.5. The fraction of sp³-hybridized carbons (Fsp3) is 0.208. The van der Waals surface area contributed by atoms with Crippen molar-refractivity contribution >= 4 is 29.0 Å². The molecule has 0 N–H and O–H groups in total. The van der Waals surface area contributed by atoms with E-state index in [1.54, 1.807) is 29.2 Å². The molecule has 0 spiro atoms. The minimum atomic E-state index is -0.367. The third-order valence-electron chi connectivity index (χ3n) is 5.98. The van der Waals surface area contributed by atoms with Gasteiger partial charge in [-0.05, 0) is 42.0 Å². The molecular weight excluding hydrogens is 453 g/mol. The van der Waals surface area contributed by atoms with Gasteiger partial charge in [0.15, 0.2) is 28.5 Å². The van der Waals surface area contributed by atoms with Gasteiger partial charge >= 0.3 is 0 Å². The monoisotopic (exact) mass is 473 g/mol. The van der Waals surface area contributed by atoms with Gasteiger partial charge in [-0.25, -0.2) is 14.4 Å². The number of nitrogens with zero attached hydrogens (tertiary/aromatic N) is 7. The number of aromatic nitrogens is 5. The third kappa shape index (κ3) is 4.01. The molecule has 11 heteroatoms. The van der Waals surface area contributed by atoms with Gasteiger partial charge in [0, 0.05) is 32.3 Å². The topological polar surface area (TPSA) is 98.5 Å². The average Bonchev–Trinajstić information content (AvgIpc) is 3.54. The lowest BCUT2D eigenvalue weighted by Gasteiger charge is -2.34. The third-order valence-corrected chi connectivity index (χ3v) is 5.98. The molecule has 0 atom stereocenters. The maximum Gasteiger partial charge on any atom is 0.246 e. The number of carbonyl (C=O) groups is 1. The SMILES string of the molecule is O=C(/C=C/c1ccc2c(c1)OCO2)N1CCN(c2ncnc3c2nnn3-c2cccc(F)c2)CC1. The summed E-state index contributed by atoms with van der Waals surface area (Å²) in [6.45, 7) is 2.46. The van der Waals surface area contributed by atoms with Crippen molar-refractivity contribution in [3.63, 3.8) is 0 Å². The van der Waals surface area contributed by atoms with Crippen molar-refractivity contribution in [2.24, 2.45) is 0 Å². The molecule has 1 saturated heterocycles. The highest BCUT2D eigenvalue weighted by Crippen LogP contribution is 2.32. The first-order valence-corrected chi connectivity index (χ1v) is 11.1. The molecule has 0 unspecified atom stereocenters. The molecule has 176 valence electrons. The number of ether oxygens (including phenoxy) is 2. The van der Waals surface area contributed by atoms with Gasteiger partial charge in [0.05, 0.1) is 5.69 Å². The predicted molar refractivity (Wildman–Crippen MR) is 125 cm³/mol. The maximum absolute atomic E-state index is 13.7. The molecular formula is C24H20FN7O3. The van der Waals surface area contributed by atoms with Crippen LogP contribution in [0.5, 0.6) is 11.5 Å². The van der Waals surface area contributed by atoms with Crippen LogP contribution in [0.4, 0.5) is 10.2 Å². The summed E-state index contributed by atoms with van der Waals surface area (Å²) in [5.74, 6) is 1.60. The fourth-order valence-corrected chi connectivity index (χ4v) is 4.18. The van der Waals surface area contributed by atoms with Gasteiger partial charge in [-0.1, -0.05) is 17.3 Å². The van der Waals surface area contributed by atoms with Crippen molar-refractivity contribution < 1.29 is 18.7 Å². The van der Waals surface area contributed by atoms with Gasteiger partial charge < -0.3 is 19.3 Å². The Hall–Kier alpha value is -4.54. The van der Waals surface area contributed by atoms with E-state index in [-0.39, 0.29) is 18.5 Å². The minimum absolute atomic E-state index is 0.0628. The van der Waals surface area contributed by atoms with E-state index in [0.717, 1.165) is 5.56 Å². The zero-order valence-corrected chi connectivity index (χ0v) is 18.5. The lowest BCUT2D eigenvalue weighted by molar-refractivity contribution is -0.126. The lowest BCUT2D eigenvalue weighted by atomic mass is 10.2. The molecule has 4 heterocycles. The first kappa shape index (κ1) is 21.0. The number of carbonyl (C=O) groups excluding carboxylic acids is 1. The summed E-state index contributed by atoms with van der Waals surface area (Å²) in [7, 11) is 0. The molecule has 4 aromatic rings.